The van der Waals surface area contributed by atoms with Crippen LogP contribution in [0.15, 0.2) is 0 Å². The Bertz CT molecular complexity index is 538. The van der Waals surface area contributed by atoms with Crippen LogP contribution in [0.25, 0.3) is 0 Å². The molecule has 0 N–H and O–H groups in total. The molecule has 112 valence electrons. The van der Waals surface area contributed by atoms with E-state index in [1.165, 1.54) is 0 Å². The smallest absolute Gasteiger partial charge is 0.369 e. The van der Waals surface area contributed by atoms with Gasteiger partial charge in [-0.2, -0.15) is 26.3 Å². The number of hydrogen-bond donors (Lipinski definition) is 0. The molecule has 0 amide bonds. The van der Waals surface area contributed by atoms with Crippen molar-refractivity contribution in [3.05, 3.63) is 0 Å². The van der Waals surface area contributed by atoms with Gasteiger partial charge in [-0.05, 0) is 0 Å². The summed E-state index contributed by atoms with van der Waals surface area (Å²) >= 11 is 0. The third-order valence-corrected chi connectivity index (χ3v) is 3.48. The van der Waals surface area contributed by atoms with E-state index in [2.05, 4.69) is 4.74 Å². The maximum absolute atomic E-state index is 11.7. The number of ether oxygens (including phenoxy) is 1. The predicted octanol–water partition coefficient (Wildman–Crippen LogP) is 1.11. The van der Waals surface area contributed by atoms with E-state index >= 15 is 0 Å². The van der Waals surface area contributed by atoms with Gasteiger partial charge in [-0.25, -0.2) is 26.4 Å². The van der Waals surface area contributed by atoms with Crippen molar-refractivity contribution in [1.29, 1.82) is 0 Å². The predicted molar refractivity (Wildman–Crippen MR) is 41.8 cm³/mol. The Hall–Kier alpha value is -1.38. The minimum atomic E-state index is -6.79. The third kappa shape index (κ3) is 3.34. The van der Waals surface area contributed by atoms with Crippen LogP contribution in [-0.2, 0) is 24.4 Å². The molecule has 0 saturated carbocycles. The van der Waals surface area contributed by atoms with Crippen LogP contribution in [0.1, 0.15) is 0 Å². The van der Waals surface area contributed by atoms with Crippen molar-refractivity contribution in [2.24, 2.45) is 0 Å². The first-order valence-electron chi connectivity index (χ1n) is 3.43. The summed E-state index contributed by atoms with van der Waals surface area (Å²) in [5.41, 5.74) is -12.5. The van der Waals surface area contributed by atoms with Crippen LogP contribution >= 0.6 is 0 Å². The molecule has 0 heterocycles. The van der Waals surface area contributed by atoms with Crippen molar-refractivity contribution < 1.29 is 57.5 Å². The number of sulfone groups is 2. The molecule has 19 heavy (non-hydrogen) atoms. The Morgan fingerprint density at radius 2 is 0.895 bits per heavy atom. The summed E-state index contributed by atoms with van der Waals surface area (Å²) in [5.74, 6) is 0. The fraction of sp³-hybridized carbons (Fsp3) is 0.500. The highest BCUT2D eigenvalue weighted by molar-refractivity contribution is 8.08. The first-order valence-corrected chi connectivity index (χ1v) is 6.40. The molecule has 0 aliphatic heterocycles. The van der Waals surface area contributed by atoms with Crippen LogP contribution in [0, 0.1) is 0 Å². The first-order chi connectivity index (χ1) is 8.05. The number of carbonyl (C=O) groups excluding carboxylic acids is 2. The maximum Gasteiger partial charge on any atom is 0.508 e. The zero-order chi connectivity index (χ0) is 15.9. The van der Waals surface area contributed by atoms with Gasteiger partial charge in [0.1, 0.15) is 0 Å². The zero-order valence-corrected chi connectivity index (χ0v) is 9.58. The highest BCUT2D eigenvalue weighted by Crippen LogP contribution is 2.28. The summed E-state index contributed by atoms with van der Waals surface area (Å²) in [6.45, 7) is 0. The van der Waals surface area contributed by atoms with Crippen LogP contribution in [0.2, 0.25) is 0 Å². The molecule has 0 rings (SSSR count). The zero-order valence-electron chi connectivity index (χ0n) is 7.94. The number of halogens is 6. The SMILES string of the molecule is O=C(OC(=O)S(=O)(=O)C(F)(F)F)S(=O)(=O)C(F)(F)F. The van der Waals surface area contributed by atoms with Gasteiger partial charge in [0.15, 0.2) is 0 Å². The molecule has 0 spiro atoms. The minimum absolute atomic E-state index is 2.54. The largest absolute Gasteiger partial charge is 0.508 e. The number of carbonyl (C=O) groups is 2. The summed E-state index contributed by atoms with van der Waals surface area (Å²) in [6.07, 6.45) is 0. The van der Waals surface area contributed by atoms with Crippen molar-refractivity contribution >= 4 is 30.3 Å². The normalized spacial score (nSPS) is 14.0. The molecule has 0 radical (unpaired) electrons. The molecule has 0 fully saturated rings. The molecule has 0 atom stereocenters. The van der Waals surface area contributed by atoms with Crippen molar-refractivity contribution in [2.75, 3.05) is 0 Å². The van der Waals surface area contributed by atoms with Gasteiger partial charge >= 0.3 is 41.3 Å². The molecular formula is C4F6O7S2. The second-order valence-electron chi connectivity index (χ2n) is 2.50. The fourth-order valence-electron chi connectivity index (χ4n) is 0.367. The second-order valence-corrected chi connectivity index (χ2v) is 6.11. The molecular weight excluding hydrogens is 338 g/mol. The Labute approximate surface area is 99.5 Å². The van der Waals surface area contributed by atoms with Crippen molar-refractivity contribution in [3.63, 3.8) is 0 Å². The van der Waals surface area contributed by atoms with Crippen molar-refractivity contribution in [1.82, 2.24) is 0 Å². The van der Waals surface area contributed by atoms with Crippen LogP contribution in [0.3, 0.4) is 0 Å². The summed E-state index contributed by atoms with van der Waals surface area (Å²) in [4.78, 5) is 20.6. The Kier molecular flexibility index (Phi) is 4.29. The van der Waals surface area contributed by atoms with Crippen LogP contribution in [0.4, 0.5) is 35.9 Å². The minimum Gasteiger partial charge on any atom is -0.369 e. The van der Waals surface area contributed by atoms with Gasteiger partial charge in [0.05, 0.1) is 0 Å². The number of alkyl halides is 6. The van der Waals surface area contributed by atoms with Crippen molar-refractivity contribution in [3.8, 4) is 0 Å². The molecule has 0 aromatic carbocycles. The van der Waals surface area contributed by atoms with E-state index in [0.29, 0.717) is 0 Å². The van der Waals surface area contributed by atoms with Gasteiger partial charge in [-0.15, -0.1) is 0 Å². The van der Waals surface area contributed by atoms with Gasteiger partial charge in [0.2, 0.25) is 0 Å². The Morgan fingerprint density at radius 1 is 0.684 bits per heavy atom. The van der Waals surface area contributed by atoms with Gasteiger partial charge in [-0.1, -0.05) is 0 Å². The lowest BCUT2D eigenvalue weighted by Gasteiger charge is -2.08. The van der Waals surface area contributed by atoms with E-state index < -0.39 is 41.3 Å². The van der Waals surface area contributed by atoms with Crippen molar-refractivity contribution in [2.45, 2.75) is 11.0 Å². The van der Waals surface area contributed by atoms with E-state index in [1.807, 2.05) is 0 Å². The fourth-order valence-corrected chi connectivity index (χ4v) is 1.17. The molecule has 0 aliphatic rings. The van der Waals surface area contributed by atoms with Crippen LogP contribution in [0.5, 0.6) is 0 Å². The van der Waals surface area contributed by atoms with Gasteiger partial charge in [0.25, 0.3) is 0 Å². The average Bonchev–Trinajstić information content (AvgIpc) is 2.13. The third-order valence-electron chi connectivity index (χ3n) is 1.21. The summed E-state index contributed by atoms with van der Waals surface area (Å²) in [6, 6.07) is 0. The lowest BCUT2D eigenvalue weighted by Crippen LogP contribution is -2.37. The van der Waals surface area contributed by atoms with E-state index in [-0.39, 0.29) is 0 Å². The molecule has 0 aromatic rings. The molecule has 0 unspecified atom stereocenters. The Morgan fingerprint density at radius 3 is 1.05 bits per heavy atom. The summed E-state index contributed by atoms with van der Waals surface area (Å²) < 4.78 is 114. The summed E-state index contributed by atoms with van der Waals surface area (Å²) in [5, 5.41) is -6.98. The molecule has 0 aromatic heterocycles. The second kappa shape index (κ2) is 4.62. The number of hydrogen-bond acceptors (Lipinski definition) is 7. The Balaban J connectivity index is 5.35. The van der Waals surface area contributed by atoms with E-state index in [4.69, 9.17) is 0 Å². The highest BCUT2D eigenvalue weighted by atomic mass is 32.2. The quantitative estimate of drug-likeness (QED) is 0.369. The monoisotopic (exact) mass is 338 g/mol. The highest BCUT2D eigenvalue weighted by Gasteiger charge is 2.57. The van der Waals surface area contributed by atoms with E-state index in [9.17, 15) is 52.8 Å². The molecule has 0 bridgehead atoms. The van der Waals surface area contributed by atoms with E-state index in [1.54, 1.807) is 0 Å². The maximum atomic E-state index is 11.7. The standard InChI is InChI=1S/C4F6O7S2/c5-3(6,7)18(13,14)1(11)17-2(12)19(15,16)4(8,9)10. The molecule has 0 aliphatic carbocycles. The first kappa shape index (κ1) is 17.6. The van der Waals surface area contributed by atoms with Crippen LogP contribution in [-0.4, -0.2) is 38.5 Å². The van der Waals surface area contributed by atoms with E-state index in [0.717, 1.165) is 0 Å². The van der Waals surface area contributed by atoms with Gasteiger partial charge < -0.3 is 4.74 Å². The van der Waals surface area contributed by atoms with Gasteiger partial charge in [-0.3, -0.25) is 0 Å². The summed E-state index contributed by atoms with van der Waals surface area (Å²) in [7, 11) is -13.6. The average molecular weight is 338 g/mol. The number of rotatable bonds is 0. The lowest BCUT2D eigenvalue weighted by atomic mass is 11.4. The van der Waals surface area contributed by atoms with Gasteiger partial charge in [0, 0.05) is 0 Å². The van der Waals surface area contributed by atoms with Crippen LogP contribution < -0.4 is 0 Å². The lowest BCUT2D eigenvalue weighted by molar-refractivity contribution is -0.0430. The molecule has 0 saturated heterocycles. The molecule has 15 heteroatoms. The topological polar surface area (TPSA) is 112 Å². The molecule has 7 nitrogen and oxygen atoms in total.